The van der Waals surface area contributed by atoms with Gasteiger partial charge in [0, 0.05) is 17.3 Å². The average Bonchev–Trinajstić information content (AvgIpc) is 2.63. The van der Waals surface area contributed by atoms with Gasteiger partial charge < -0.3 is 0 Å². The highest BCUT2D eigenvalue weighted by Gasteiger charge is 2.13. The van der Waals surface area contributed by atoms with E-state index in [1.807, 2.05) is 55.5 Å². The minimum absolute atomic E-state index is 0.464. The summed E-state index contributed by atoms with van der Waals surface area (Å²) >= 11 is 12.1. The molecule has 0 bridgehead atoms. The van der Waals surface area contributed by atoms with Crippen molar-refractivity contribution >= 4 is 45.0 Å². The van der Waals surface area contributed by atoms with Gasteiger partial charge in [-0.25, -0.2) is 4.21 Å². The molecule has 0 spiro atoms. The molecule has 0 N–H and O–H groups in total. The van der Waals surface area contributed by atoms with E-state index in [9.17, 15) is 4.21 Å². The zero-order chi connectivity index (χ0) is 17.8. The lowest BCUT2D eigenvalue weighted by Gasteiger charge is -2.09. The maximum absolute atomic E-state index is 13.2. The standard InChI is InChI=1S/C20H15Cl2NOS/c1-14-2-5-17(6-3-14)25(24)20(16-8-10-23-11-9-16)13-15-4-7-18(21)19(22)12-15/h2-13H,1H3/b20-13+. The van der Waals surface area contributed by atoms with Crippen LogP contribution in [0.1, 0.15) is 16.7 Å². The fourth-order valence-corrected chi connectivity index (χ4v) is 3.84. The van der Waals surface area contributed by atoms with E-state index in [1.165, 1.54) is 0 Å². The Hall–Kier alpha value is -1.94. The summed E-state index contributed by atoms with van der Waals surface area (Å²) in [5, 5.41) is 0.953. The van der Waals surface area contributed by atoms with Gasteiger partial charge in [0.1, 0.15) is 0 Å². The molecule has 2 aromatic carbocycles. The molecule has 0 amide bonds. The van der Waals surface area contributed by atoms with Crippen molar-refractivity contribution in [3.8, 4) is 0 Å². The van der Waals surface area contributed by atoms with Gasteiger partial charge in [0.15, 0.2) is 0 Å². The van der Waals surface area contributed by atoms with Crippen LogP contribution in [-0.4, -0.2) is 9.19 Å². The molecule has 1 unspecified atom stereocenters. The van der Waals surface area contributed by atoms with E-state index in [4.69, 9.17) is 23.2 Å². The number of halogens is 2. The zero-order valence-corrected chi connectivity index (χ0v) is 15.8. The molecular formula is C20H15Cl2NOS. The summed E-state index contributed by atoms with van der Waals surface area (Å²) in [6, 6.07) is 16.7. The number of hydrogen-bond donors (Lipinski definition) is 0. The van der Waals surface area contributed by atoms with Gasteiger partial charge in [0.25, 0.3) is 0 Å². The Morgan fingerprint density at radius 2 is 1.64 bits per heavy atom. The number of hydrogen-bond acceptors (Lipinski definition) is 2. The number of rotatable bonds is 4. The van der Waals surface area contributed by atoms with Crippen molar-refractivity contribution in [3.05, 3.63) is 93.7 Å². The Kier molecular flexibility index (Phi) is 5.69. The summed E-state index contributed by atoms with van der Waals surface area (Å²) in [5.41, 5.74) is 2.81. The van der Waals surface area contributed by atoms with Gasteiger partial charge in [-0.1, -0.05) is 47.0 Å². The monoisotopic (exact) mass is 387 g/mol. The van der Waals surface area contributed by atoms with E-state index in [0.717, 1.165) is 21.6 Å². The van der Waals surface area contributed by atoms with Crippen molar-refractivity contribution in [1.82, 2.24) is 4.98 Å². The first-order valence-corrected chi connectivity index (χ1v) is 9.51. The summed E-state index contributed by atoms with van der Waals surface area (Å²) in [6.07, 6.45) is 5.24. The fourth-order valence-electron chi connectivity index (χ4n) is 2.30. The molecule has 0 saturated heterocycles. The lowest BCUT2D eigenvalue weighted by Crippen LogP contribution is -1.97. The molecule has 5 heteroatoms. The molecule has 2 nitrogen and oxygen atoms in total. The fraction of sp³-hybridized carbons (Fsp3) is 0.0500. The van der Waals surface area contributed by atoms with Gasteiger partial charge in [-0.15, -0.1) is 0 Å². The van der Waals surface area contributed by atoms with Gasteiger partial charge >= 0.3 is 0 Å². The molecule has 0 aliphatic heterocycles. The maximum atomic E-state index is 13.2. The smallest absolute Gasteiger partial charge is 0.0855 e. The first-order valence-electron chi connectivity index (χ1n) is 7.60. The van der Waals surface area contributed by atoms with Gasteiger partial charge in [-0.05, 0) is 60.5 Å². The SMILES string of the molecule is Cc1ccc(S(=O)/C(=C/c2ccc(Cl)c(Cl)c2)c2ccncc2)cc1. The van der Waals surface area contributed by atoms with Gasteiger partial charge in [0.05, 0.1) is 25.7 Å². The minimum atomic E-state index is -1.34. The number of nitrogens with zero attached hydrogens (tertiary/aromatic N) is 1. The molecule has 25 heavy (non-hydrogen) atoms. The van der Waals surface area contributed by atoms with E-state index >= 15 is 0 Å². The van der Waals surface area contributed by atoms with Crippen LogP contribution in [0.15, 0.2) is 71.9 Å². The topological polar surface area (TPSA) is 30.0 Å². The number of aromatic nitrogens is 1. The minimum Gasteiger partial charge on any atom is -0.265 e. The van der Waals surface area contributed by atoms with Crippen molar-refractivity contribution in [1.29, 1.82) is 0 Å². The molecule has 1 heterocycles. The lowest BCUT2D eigenvalue weighted by atomic mass is 10.1. The van der Waals surface area contributed by atoms with Crippen molar-refractivity contribution < 1.29 is 4.21 Å². The van der Waals surface area contributed by atoms with E-state index in [0.29, 0.717) is 15.0 Å². The second kappa shape index (κ2) is 7.96. The first kappa shape index (κ1) is 17.9. The molecule has 0 aliphatic rings. The maximum Gasteiger partial charge on any atom is 0.0855 e. The van der Waals surface area contributed by atoms with Crippen LogP contribution in [0.5, 0.6) is 0 Å². The summed E-state index contributed by atoms with van der Waals surface area (Å²) in [5.74, 6) is 0. The predicted octanol–water partition coefficient (Wildman–Crippen LogP) is 6.00. The second-order valence-corrected chi connectivity index (χ2v) is 7.76. The van der Waals surface area contributed by atoms with Crippen LogP contribution in [0.2, 0.25) is 10.0 Å². The molecule has 0 aliphatic carbocycles. The average molecular weight is 388 g/mol. The molecule has 126 valence electrons. The number of benzene rings is 2. The normalized spacial score (nSPS) is 12.8. The molecule has 0 fully saturated rings. The number of aryl methyl sites for hydroxylation is 1. The van der Waals surface area contributed by atoms with Crippen molar-refractivity contribution in [3.63, 3.8) is 0 Å². The third-order valence-corrected chi connectivity index (χ3v) is 5.83. The number of pyridine rings is 1. The molecule has 1 aromatic heterocycles. The highest BCUT2D eigenvalue weighted by atomic mass is 35.5. The Morgan fingerprint density at radius 1 is 0.960 bits per heavy atom. The highest BCUT2D eigenvalue weighted by Crippen LogP contribution is 2.29. The molecule has 0 saturated carbocycles. The molecule has 0 radical (unpaired) electrons. The summed E-state index contributed by atoms with van der Waals surface area (Å²) in [7, 11) is -1.34. The van der Waals surface area contributed by atoms with Crippen molar-refractivity contribution in [2.24, 2.45) is 0 Å². The summed E-state index contributed by atoms with van der Waals surface area (Å²) in [4.78, 5) is 5.47. The van der Waals surface area contributed by atoms with Crippen LogP contribution in [0.4, 0.5) is 0 Å². The predicted molar refractivity (Wildman–Crippen MR) is 106 cm³/mol. The van der Waals surface area contributed by atoms with E-state index < -0.39 is 10.8 Å². The van der Waals surface area contributed by atoms with Crippen LogP contribution in [0.3, 0.4) is 0 Å². The Morgan fingerprint density at radius 3 is 2.28 bits per heavy atom. The second-order valence-electron chi connectivity index (χ2n) is 5.50. The molecule has 3 rings (SSSR count). The van der Waals surface area contributed by atoms with E-state index in [2.05, 4.69) is 4.98 Å². The van der Waals surface area contributed by atoms with Crippen LogP contribution in [-0.2, 0) is 10.8 Å². The summed E-state index contributed by atoms with van der Waals surface area (Å²) < 4.78 is 13.2. The third kappa shape index (κ3) is 4.37. The largest absolute Gasteiger partial charge is 0.265 e. The summed E-state index contributed by atoms with van der Waals surface area (Å²) in [6.45, 7) is 2.00. The van der Waals surface area contributed by atoms with E-state index in [1.54, 1.807) is 24.5 Å². The Labute approximate surface area is 159 Å². The zero-order valence-electron chi connectivity index (χ0n) is 13.4. The third-order valence-electron chi connectivity index (χ3n) is 3.64. The lowest BCUT2D eigenvalue weighted by molar-refractivity contribution is 0.689. The van der Waals surface area contributed by atoms with E-state index in [-0.39, 0.29) is 0 Å². The highest BCUT2D eigenvalue weighted by molar-refractivity contribution is 7.94. The van der Waals surface area contributed by atoms with Crippen LogP contribution in [0.25, 0.3) is 11.0 Å². The Bertz CT molecular complexity index is 938. The van der Waals surface area contributed by atoms with Crippen molar-refractivity contribution in [2.75, 3.05) is 0 Å². The van der Waals surface area contributed by atoms with Crippen LogP contribution in [0, 0.1) is 6.92 Å². The Balaban J connectivity index is 2.09. The van der Waals surface area contributed by atoms with Gasteiger partial charge in [0.2, 0.25) is 0 Å². The molecule has 3 aromatic rings. The molecular weight excluding hydrogens is 373 g/mol. The first-order chi connectivity index (χ1) is 12.0. The van der Waals surface area contributed by atoms with Crippen LogP contribution < -0.4 is 0 Å². The molecule has 1 atom stereocenters. The quantitative estimate of drug-likeness (QED) is 0.549. The van der Waals surface area contributed by atoms with Gasteiger partial charge in [-0.2, -0.15) is 0 Å². The van der Waals surface area contributed by atoms with Crippen molar-refractivity contribution in [2.45, 2.75) is 11.8 Å². The van der Waals surface area contributed by atoms with Crippen LogP contribution >= 0.6 is 23.2 Å². The van der Waals surface area contributed by atoms with Gasteiger partial charge in [-0.3, -0.25) is 4.98 Å².